The minimum Gasteiger partial charge on any atom is -0.508 e. The van der Waals surface area contributed by atoms with Gasteiger partial charge in [-0.25, -0.2) is 0 Å². The largest absolute Gasteiger partial charge is 0.573 e. The maximum Gasteiger partial charge on any atom is 0.573 e. The van der Waals surface area contributed by atoms with Crippen molar-refractivity contribution in [3.05, 3.63) is 41.1 Å². The van der Waals surface area contributed by atoms with Crippen molar-refractivity contribution >= 4 is 28.8 Å². The third-order valence-electron chi connectivity index (χ3n) is 9.26. The van der Waals surface area contributed by atoms with E-state index in [1.165, 1.54) is 12.1 Å². The van der Waals surface area contributed by atoms with Gasteiger partial charge in [-0.2, -0.15) is 9.97 Å². The lowest BCUT2D eigenvalue weighted by molar-refractivity contribution is -0.274. The topological polar surface area (TPSA) is 89.3 Å². The van der Waals surface area contributed by atoms with Gasteiger partial charge in [-0.05, 0) is 63.8 Å². The maximum atomic E-state index is 13.6. The van der Waals surface area contributed by atoms with Gasteiger partial charge in [0.2, 0.25) is 0 Å². The summed E-state index contributed by atoms with van der Waals surface area (Å²) in [5.41, 5.74) is 2.76. The fourth-order valence-corrected chi connectivity index (χ4v) is 6.32. The first-order valence-electron chi connectivity index (χ1n) is 17.9. The predicted molar refractivity (Wildman–Crippen MR) is 190 cm³/mol. The Labute approximate surface area is 289 Å². The minimum atomic E-state index is -4.94. The van der Waals surface area contributed by atoms with Gasteiger partial charge in [-0.3, -0.25) is 4.99 Å². The molecule has 1 aromatic heterocycles. The summed E-state index contributed by atoms with van der Waals surface area (Å²) in [7, 11) is 0. The molecule has 8 nitrogen and oxygen atoms in total. The van der Waals surface area contributed by atoms with Crippen LogP contribution in [-0.4, -0.2) is 66.1 Å². The molecule has 0 amide bonds. The molecule has 0 radical (unpaired) electrons. The van der Waals surface area contributed by atoms with E-state index in [1.54, 1.807) is 6.08 Å². The van der Waals surface area contributed by atoms with Crippen molar-refractivity contribution in [2.75, 3.05) is 37.8 Å². The Bertz CT molecular complexity index is 1500. The van der Waals surface area contributed by atoms with E-state index in [4.69, 9.17) is 24.4 Å². The summed E-state index contributed by atoms with van der Waals surface area (Å²) in [5.74, 6) is 0.0312. The van der Waals surface area contributed by atoms with Crippen LogP contribution in [-0.2, 0) is 4.74 Å². The third kappa shape index (κ3) is 10.2. The number of benzene rings is 1. The molecule has 2 heterocycles. The van der Waals surface area contributed by atoms with Crippen LogP contribution >= 0.6 is 0 Å². The lowest BCUT2D eigenvalue weighted by atomic mass is 9.81. The average Bonchev–Trinajstić information content (AvgIpc) is 3.36. The first kappa shape index (κ1) is 38.2. The average molecular weight is 687 g/mol. The highest BCUT2D eigenvalue weighted by molar-refractivity contribution is 6.49. The van der Waals surface area contributed by atoms with Gasteiger partial charge in [0.25, 0.3) is 0 Å². The number of nitrogens with zero attached hydrogens (tertiary/aromatic N) is 4. The van der Waals surface area contributed by atoms with Crippen molar-refractivity contribution in [1.29, 1.82) is 0 Å². The normalized spacial score (nSPS) is 18.9. The highest BCUT2D eigenvalue weighted by atomic mass is 19.4. The molecule has 270 valence electrons. The monoisotopic (exact) mass is 686 g/mol. The van der Waals surface area contributed by atoms with E-state index in [-0.39, 0.29) is 28.8 Å². The lowest BCUT2D eigenvalue weighted by Gasteiger charge is -2.31. The number of unbranched alkanes of at least 4 members (excludes halogenated alkanes) is 3. The smallest absolute Gasteiger partial charge is 0.508 e. The van der Waals surface area contributed by atoms with Gasteiger partial charge >= 0.3 is 12.4 Å². The second-order valence-corrected chi connectivity index (χ2v) is 13.4. The minimum absolute atomic E-state index is 0.0539. The van der Waals surface area contributed by atoms with E-state index in [0.717, 1.165) is 63.0 Å². The maximum absolute atomic E-state index is 13.6. The van der Waals surface area contributed by atoms with Crippen LogP contribution < -0.4 is 14.4 Å². The van der Waals surface area contributed by atoms with Crippen LogP contribution in [0.2, 0.25) is 0 Å². The summed E-state index contributed by atoms with van der Waals surface area (Å²) in [6, 6.07) is 3.64. The number of anilines is 1. The van der Waals surface area contributed by atoms with Crippen LogP contribution in [0.15, 0.2) is 29.3 Å². The van der Waals surface area contributed by atoms with E-state index in [9.17, 15) is 18.3 Å². The summed E-state index contributed by atoms with van der Waals surface area (Å²) < 4.78 is 57.6. The predicted octanol–water partition coefficient (Wildman–Crippen LogP) is 9.66. The molecule has 2 atom stereocenters. The number of aromatic hydroxyl groups is 1. The molecule has 1 aliphatic heterocycles. The molecule has 4 rings (SSSR count). The van der Waals surface area contributed by atoms with E-state index in [1.807, 2.05) is 26.8 Å². The van der Waals surface area contributed by atoms with Crippen molar-refractivity contribution in [3.63, 3.8) is 0 Å². The highest BCUT2D eigenvalue weighted by Crippen LogP contribution is 2.44. The molecule has 2 unspecified atom stereocenters. The molecule has 1 saturated heterocycles. The fraction of sp³-hybridized carbons (Fsp3) is 0.605. The summed E-state index contributed by atoms with van der Waals surface area (Å²) in [6.07, 6.45) is 7.86. The number of aliphatic imine (C=N–C) groups is 1. The van der Waals surface area contributed by atoms with Crippen LogP contribution in [0.4, 0.5) is 19.0 Å². The molecule has 11 heteroatoms. The van der Waals surface area contributed by atoms with Gasteiger partial charge in [-0.1, -0.05) is 65.9 Å². The number of aromatic nitrogens is 2. The summed E-state index contributed by atoms with van der Waals surface area (Å²) in [4.78, 5) is 17.2. The SMILES string of the molecule is C/C=C1\C(=NC(C)CC)C(c2cc(O)ccc2OC(F)(F)F)=Cc2nc(OCC(C)(CCCC)CCCCC)nc(N3CCCOCC3)c21. The Morgan fingerprint density at radius 2 is 1.82 bits per heavy atom. The Hall–Kier alpha value is -3.60. The van der Waals surface area contributed by atoms with Crippen LogP contribution in [0.5, 0.6) is 17.5 Å². The third-order valence-corrected chi connectivity index (χ3v) is 9.26. The van der Waals surface area contributed by atoms with Gasteiger partial charge in [-0.15, -0.1) is 13.2 Å². The molecule has 0 spiro atoms. The molecular formula is C38H53F3N4O4. The number of hydrogen-bond donors (Lipinski definition) is 1. The van der Waals surface area contributed by atoms with E-state index in [0.29, 0.717) is 67.7 Å². The summed E-state index contributed by atoms with van der Waals surface area (Å²) in [5, 5.41) is 10.5. The standard InChI is InChI=1S/C38H53F3N4O4/c1-7-11-13-18-37(6,17-12-8-2)25-48-36-43-31-24-30(29-23-27(46)15-16-32(29)49-38(39,40)41)34(42-26(5)9-3)28(10-4)33(31)35(44-36)45-19-14-21-47-22-20-45/h10,15-16,23-24,26,46H,7-9,11-14,17-22,25H2,1-6H3/b28-10-,42-34?. The van der Waals surface area contributed by atoms with Gasteiger partial charge in [0.1, 0.15) is 17.3 Å². The number of phenols is 1. The van der Waals surface area contributed by atoms with Crippen LogP contribution in [0.25, 0.3) is 17.2 Å². The molecule has 1 N–H and O–H groups in total. The van der Waals surface area contributed by atoms with E-state index < -0.39 is 12.1 Å². The molecule has 1 fully saturated rings. The number of alkyl halides is 3. The van der Waals surface area contributed by atoms with Gasteiger partial charge < -0.3 is 24.2 Å². The van der Waals surface area contributed by atoms with Gasteiger partial charge in [0, 0.05) is 47.9 Å². The quantitative estimate of drug-likeness (QED) is 0.187. The van der Waals surface area contributed by atoms with Crippen LogP contribution in [0.1, 0.15) is 116 Å². The van der Waals surface area contributed by atoms with Crippen molar-refractivity contribution in [2.45, 2.75) is 112 Å². The van der Waals surface area contributed by atoms with Crippen molar-refractivity contribution in [1.82, 2.24) is 9.97 Å². The lowest BCUT2D eigenvalue weighted by Crippen LogP contribution is -2.31. The molecular weight excluding hydrogens is 633 g/mol. The number of fused-ring (bicyclic) bond motifs is 1. The zero-order chi connectivity index (χ0) is 35.6. The highest BCUT2D eigenvalue weighted by Gasteiger charge is 2.36. The second-order valence-electron chi connectivity index (χ2n) is 13.4. The molecule has 49 heavy (non-hydrogen) atoms. The van der Waals surface area contributed by atoms with Crippen LogP contribution in [0.3, 0.4) is 0 Å². The first-order chi connectivity index (χ1) is 23.4. The number of rotatable bonds is 15. The van der Waals surface area contributed by atoms with Gasteiger partial charge in [0.15, 0.2) is 0 Å². The van der Waals surface area contributed by atoms with E-state index >= 15 is 0 Å². The number of halogens is 3. The summed E-state index contributed by atoms with van der Waals surface area (Å²) in [6.45, 7) is 15.4. The zero-order valence-corrected chi connectivity index (χ0v) is 30.0. The van der Waals surface area contributed by atoms with Crippen molar-refractivity contribution in [2.24, 2.45) is 10.4 Å². The zero-order valence-electron chi connectivity index (χ0n) is 30.0. The molecule has 0 bridgehead atoms. The van der Waals surface area contributed by atoms with Crippen molar-refractivity contribution in [3.8, 4) is 17.5 Å². The van der Waals surface area contributed by atoms with Gasteiger partial charge in [0.05, 0.1) is 30.2 Å². The van der Waals surface area contributed by atoms with Crippen LogP contribution in [0, 0.1) is 5.41 Å². The Kier molecular flexibility index (Phi) is 13.5. The Balaban J connectivity index is 1.94. The molecule has 2 aliphatic rings. The number of allylic oxidation sites excluding steroid dienone is 3. The molecule has 2 aromatic rings. The molecule has 0 saturated carbocycles. The fourth-order valence-electron chi connectivity index (χ4n) is 6.32. The number of ether oxygens (including phenoxy) is 3. The van der Waals surface area contributed by atoms with E-state index in [2.05, 4.69) is 30.4 Å². The molecule has 1 aromatic carbocycles. The first-order valence-corrected chi connectivity index (χ1v) is 17.9. The molecule has 1 aliphatic carbocycles. The number of phenolic OH excluding ortho intramolecular Hbond substituents is 1. The number of hydrogen-bond acceptors (Lipinski definition) is 8. The Morgan fingerprint density at radius 3 is 2.51 bits per heavy atom. The second kappa shape index (κ2) is 17.4. The van der Waals surface area contributed by atoms with Crippen molar-refractivity contribution < 1.29 is 32.5 Å². The summed E-state index contributed by atoms with van der Waals surface area (Å²) >= 11 is 0. The Morgan fingerprint density at radius 1 is 1.06 bits per heavy atom.